The number of rotatable bonds is 7. The molecule has 3 rings (SSSR count). The summed E-state index contributed by atoms with van der Waals surface area (Å²) in [5.74, 6) is -0.688. The fourth-order valence-corrected chi connectivity index (χ4v) is 3.23. The highest BCUT2D eigenvalue weighted by Gasteiger charge is 2.38. The van der Waals surface area contributed by atoms with Crippen molar-refractivity contribution in [3.05, 3.63) is 35.4 Å². The number of amides is 1. The van der Waals surface area contributed by atoms with Crippen LogP contribution in [0.25, 0.3) is 0 Å². The highest BCUT2D eigenvalue weighted by atomic mass is 19.4. The Morgan fingerprint density at radius 3 is 2.27 bits per heavy atom. The fraction of sp³-hybridized carbons (Fsp3) is 0.556. The third-order valence-electron chi connectivity index (χ3n) is 4.97. The molecule has 0 radical (unpaired) electrons. The van der Waals surface area contributed by atoms with Crippen LogP contribution in [0.2, 0.25) is 0 Å². The Bertz CT molecular complexity index is 665. The number of benzene rings is 1. The van der Waals surface area contributed by atoms with Crippen molar-refractivity contribution < 1.29 is 27.9 Å². The maximum Gasteiger partial charge on any atom is 0.416 e. The van der Waals surface area contributed by atoms with Crippen molar-refractivity contribution in [2.45, 2.75) is 43.9 Å². The highest BCUT2D eigenvalue weighted by molar-refractivity contribution is 5.94. The summed E-state index contributed by atoms with van der Waals surface area (Å²) in [7, 11) is 0. The molecule has 0 atom stereocenters. The van der Waals surface area contributed by atoms with E-state index in [1.165, 1.54) is 0 Å². The molecule has 1 aromatic rings. The van der Waals surface area contributed by atoms with E-state index in [-0.39, 0.29) is 24.2 Å². The van der Waals surface area contributed by atoms with Crippen molar-refractivity contribution in [3.8, 4) is 0 Å². The second kappa shape index (κ2) is 7.26. The summed E-state index contributed by atoms with van der Waals surface area (Å²) < 4.78 is 37.7. The smallest absolute Gasteiger partial charge is 0.416 e. The molecular formula is C18H21F3N2O3. The predicted molar refractivity (Wildman–Crippen MR) is 87.7 cm³/mol. The van der Waals surface area contributed by atoms with Crippen LogP contribution in [-0.2, 0) is 11.0 Å². The number of aliphatic carboxylic acids is 1. The maximum atomic E-state index is 12.6. The Morgan fingerprint density at radius 1 is 1.15 bits per heavy atom. The first-order chi connectivity index (χ1) is 12.2. The first kappa shape index (κ1) is 18.7. The first-order valence-electron chi connectivity index (χ1n) is 8.66. The van der Waals surface area contributed by atoms with Gasteiger partial charge in [0.15, 0.2) is 0 Å². The molecule has 1 amide bonds. The van der Waals surface area contributed by atoms with Crippen LogP contribution < -0.4 is 5.32 Å². The molecular weight excluding hydrogens is 349 g/mol. The second-order valence-electron chi connectivity index (χ2n) is 7.14. The standard InChI is InChI=1S/C18H21F3N2O3/c19-18(20,21)13-5-3-12(4-6-13)17(26)22-14-7-15(8-14)23(10-16(24)25)9-11-1-2-11/h3-6,11,14-15H,1-2,7-10H2,(H,22,26)(H,24,25). The summed E-state index contributed by atoms with van der Waals surface area (Å²) in [5.41, 5.74) is -0.607. The van der Waals surface area contributed by atoms with E-state index in [0.29, 0.717) is 18.8 Å². The zero-order valence-electron chi connectivity index (χ0n) is 14.1. The minimum atomic E-state index is -4.43. The van der Waals surface area contributed by atoms with Gasteiger partial charge in [-0.25, -0.2) is 0 Å². The average Bonchev–Trinajstić information content (AvgIpc) is 3.32. The maximum absolute atomic E-state index is 12.6. The summed E-state index contributed by atoms with van der Waals surface area (Å²) in [6.45, 7) is 0.775. The van der Waals surface area contributed by atoms with Crippen molar-refractivity contribution in [3.63, 3.8) is 0 Å². The number of hydrogen-bond donors (Lipinski definition) is 2. The summed E-state index contributed by atoms with van der Waals surface area (Å²) in [5, 5.41) is 11.8. The molecule has 8 heteroatoms. The highest BCUT2D eigenvalue weighted by Crippen LogP contribution is 2.34. The van der Waals surface area contributed by atoms with Crippen molar-refractivity contribution in [2.24, 2.45) is 5.92 Å². The molecule has 0 unspecified atom stereocenters. The van der Waals surface area contributed by atoms with Crippen LogP contribution in [0.1, 0.15) is 41.6 Å². The normalized spacial score (nSPS) is 22.8. The molecule has 0 aromatic heterocycles. The molecule has 26 heavy (non-hydrogen) atoms. The topological polar surface area (TPSA) is 69.6 Å². The van der Waals surface area contributed by atoms with Gasteiger partial charge in [-0.15, -0.1) is 0 Å². The first-order valence-corrected chi connectivity index (χ1v) is 8.66. The van der Waals surface area contributed by atoms with Crippen LogP contribution >= 0.6 is 0 Å². The third kappa shape index (κ3) is 4.75. The Balaban J connectivity index is 1.49. The second-order valence-corrected chi connectivity index (χ2v) is 7.14. The summed E-state index contributed by atoms with van der Waals surface area (Å²) in [4.78, 5) is 25.1. The van der Waals surface area contributed by atoms with E-state index in [1.807, 2.05) is 4.90 Å². The molecule has 2 aliphatic rings. The average molecular weight is 370 g/mol. The monoisotopic (exact) mass is 370 g/mol. The van der Waals surface area contributed by atoms with E-state index >= 15 is 0 Å². The van der Waals surface area contributed by atoms with Gasteiger partial charge in [0.25, 0.3) is 5.91 Å². The fourth-order valence-electron chi connectivity index (χ4n) is 3.23. The lowest BCUT2D eigenvalue weighted by Crippen LogP contribution is -2.55. The summed E-state index contributed by atoms with van der Waals surface area (Å²) in [6.07, 6.45) is -0.835. The lowest BCUT2D eigenvalue weighted by Gasteiger charge is -2.42. The molecule has 0 heterocycles. The van der Waals surface area contributed by atoms with Gasteiger partial charge in [-0.1, -0.05) is 0 Å². The lowest BCUT2D eigenvalue weighted by atomic mass is 9.85. The van der Waals surface area contributed by atoms with E-state index in [9.17, 15) is 22.8 Å². The number of halogens is 3. The van der Waals surface area contributed by atoms with Crippen LogP contribution in [0.5, 0.6) is 0 Å². The van der Waals surface area contributed by atoms with E-state index in [1.54, 1.807) is 0 Å². The molecule has 2 saturated carbocycles. The minimum Gasteiger partial charge on any atom is -0.480 e. The van der Waals surface area contributed by atoms with Gasteiger partial charge in [0, 0.05) is 24.2 Å². The van der Waals surface area contributed by atoms with Gasteiger partial charge in [-0.3, -0.25) is 14.5 Å². The minimum absolute atomic E-state index is 0.000732. The zero-order valence-corrected chi connectivity index (χ0v) is 14.1. The quantitative estimate of drug-likeness (QED) is 0.774. The molecule has 0 bridgehead atoms. The van der Waals surface area contributed by atoms with Crippen molar-refractivity contribution in [2.75, 3.05) is 13.1 Å². The number of carboxylic acid groups (broad SMARTS) is 1. The Labute approximate surface area is 149 Å². The molecule has 0 saturated heterocycles. The van der Waals surface area contributed by atoms with E-state index in [4.69, 9.17) is 5.11 Å². The number of carboxylic acids is 1. The van der Waals surface area contributed by atoms with Crippen molar-refractivity contribution in [1.29, 1.82) is 0 Å². The van der Waals surface area contributed by atoms with Crippen LogP contribution in [0.15, 0.2) is 24.3 Å². The Kier molecular flexibility index (Phi) is 5.22. The van der Waals surface area contributed by atoms with E-state index < -0.39 is 23.6 Å². The Morgan fingerprint density at radius 2 is 1.77 bits per heavy atom. The lowest BCUT2D eigenvalue weighted by molar-refractivity contribution is -0.140. The van der Waals surface area contributed by atoms with Gasteiger partial charge in [0.05, 0.1) is 12.1 Å². The third-order valence-corrected chi connectivity index (χ3v) is 4.97. The van der Waals surface area contributed by atoms with Crippen molar-refractivity contribution >= 4 is 11.9 Å². The van der Waals surface area contributed by atoms with E-state index in [2.05, 4.69) is 5.32 Å². The van der Waals surface area contributed by atoms with Gasteiger partial charge in [0.2, 0.25) is 0 Å². The number of hydrogen-bond acceptors (Lipinski definition) is 3. The van der Waals surface area contributed by atoms with Gasteiger partial charge in [0.1, 0.15) is 0 Å². The number of carbonyl (C=O) groups is 2. The molecule has 142 valence electrons. The predicted octanol–water partition coefficient (Wildman–Crippen LogP) is 2.76. The van der Waals surface area contributed by atoms with Crippen LogP contribution in [0.3, 0.4) is 0 Å². The number of nitrogens with zero attached hydrogens (tertiary/aromatic N) is 1. The van der Waals surface area contributed by atoms with Gasteiger partial charge >= 0.3 is 12.1 Å². The van der Waals surface area contributed by atoms with E-state index in [0.717, 1.165) is 43.7 Å². The van der Waals surface area contributed by atoms with Gasteiger partial charge in [-0.2, -0.15) is 13.2 Å². The van der Waals surface area contributed by atoms with Crippen LogP contribution in [-0.4, -0.2) is 47.1 Å². The number of alkyl halides is 3. The van der Waals surface area contributed by atoms with Crippen LogP contribution in [0, 0.1) is 5.92 Å². The molecule has 2 N–H and O–H groups in total. The van der Waals surface area contributed by atoms with Crippen LogP contribution in [0.4, 0.5) is 13.2 Å². The Hall–Kier alpha value is -2.09. The number of carbonyl (C=O) groups excluding carboxylic acids is 1. The molecule has 1 aromatic carbocycles. The largest absolute Gasteiger partial charge is 0.480 e. The molecule has 2 aliphatic carbocycles. The SMILES string of the molecule is O=C(O)CN(CC1CC1)C1CC(NC(=O)c2ccc(C(F)(F)F)cc2)C1. The molecule has 5 nitrogen and oxygen atoms in total. The molecule has 0 spiro atoms. The molecule has 2 fully saturated rings. The van der Waals surface area contributed by atoms with Crippen molar-refractivity contribution in [1.82, 2.24) is 10.2 Å². The molecule has 0 aliphatic heterocycles. The summed E-state index contributed by atoms with van der Waals surface area (Å²) in [6, 6.07) is 4.16. The van der Waals surface area contributed by atoms with Gasteiger partial charge < -0.3 is 10.4 Å². The zero-order chi connectivity index (χ0) is 18.9. The number of nitrogens with one attached hydrogen (secondary N) is 1. The van der Waals surface area contributed by atoms with Gasteiger partial charge in [-0.05, 0) is 55.9 Å². The summed E-state index contributed by atoms with van der Waals surface area (Å²) >= 11 is 0.